The Labute approximate surface area is 197 Å². The van der Waals surface area contributed by atoms with Crippen LogP contribution in [0.15, 0.2) is 52.9 Å². The molecule has 0 aliphatic carbocycles. The van der Waals surface area contributed by atoms with Gasteiger partial charge in [-0.05, 0) is 43.3 Å². The van der Waals surface area contributed by atoms with Crippen molar-refractivity contribution in [1.82, 2.24) is 11.1 Å². The van der Waals surface area contributed by atoms with Crippen LogP contribution < -0.4 is 15.6 Å². The second-order valence-electron chi connectivity index (χ2n) is 6.87. The molecule has 2 heterocycles. The minimum atomic E-state index is -4.90. The number of hydrogen-bond donors (Lipinski definition) is 1. The summed E-state index contributed by atoms with van der Waals surface area (Å²) in [5, 5.41) is 8.80. The zero-order valence-electron chi connectivity index (χ0n) is 17.9. The van der Waals surface area contributed by atoms with Gasteiger partial charge in [0.25, 0.3) is 0 Å². The Morgan fingerprint density at radius 1 is 1.21 bits per heavy atom. The van der Waals surface area contributed by atoms with Gasteiger partial charge < -0.3 is 15.6 Å². The van der Waals surface area contributed by atoms with Crippen LogP contribution in [-0.2, 0) is 20.6 Å². The molecule has 2 aromatic heterocycles. The van der Waals surface area contributed by atoms with Gasteiger partial charge in [0.2, 0.25) is 0 Å². The van der Waals surface area contributed by atoms with Crippen LogP contribution >= 0.6 is 18.9 Å². The highest BCUT2D eigenvalue weighted by atomic mass is 32.2. The first-order valence-corrected chi connectivity index (χ1v) is 13.4. The van der Waals surface area contributed by atoms with Crippen LogP contribution in [-0.4, -0.2) is 25.3 Å². The van der Waals surface area contributed by atoms with E-state index < -0.39 is 52.4 Å². The van der Waals surface area contributed by atoms with Crippen molar-refractivity contribution in [3.8, 4) is 22.3 Å². The van der Waals surface area contributed by atoms with E-state index in [0.717, 1.165) is 29.2 Å². The van der Waals surface area contributed by atoms with Crippen molar-refractivity contribution in [3.63, 3.8) is 0 Å². The third-order valence-electron chi connectivity index (χ3n) is 4.38. The van der Waals surface area contributed by atoms with Gasteiger partial charge in [0.15, 0.2) is 17.4 Å². The lowest BCUT2D eigenvalue weighted by Gasteiger charge is -2.24. The van der Waals surface area contributed by atoms with Crippen molar-refractivity contribution in [2.45, 2.75) is 17.3 Å². The number of rotatable bonds is 7. The second kappa shape index (κ2) is 10.2. The molecule has 1 aromatic carbocycles. The number of sulfone groups is 1. The smallest absolute Gasteiger partial charge is 0.417 e. The predicted molar refractivity (Wildman–Crippen MR) is 120 cm³/mol. The highest BCUT2D eigenvalue weighted by Gasteiger charge is 2.34. The largest absolute Gasteiger partial charge is 0.769 e. The summed E-state index contributed by atoms with van der Waals surface area (Å²) < 4.78 is 81.2. The Hall–Kier alpha value is -2.75. The Morgan fingerprint density at radius 3 is 2.50 bits per heavy atom. The van der Waals surface area contributed by atoms with Gasteiger partial charge in [-0.3, -0.25) is 9.55 Å². The molecule has 3 aromatic rings. The standard InChI is InChI=1S/C20H16F3N2O5PS2.H3N/c1-13-2-3-15(12-25-13)18-6-7-19(32-18)33(28,29)9-8-31(26,27)30-16-5-4-14(11-24)17(10-16)20(21,22)23;/h2-7,10,12H,8-9H2,1H3,(H,26,27);1H3. The molecule has 0 bridgehead atoms. The van der Waals surface area contributed by atoms with Crippen LogP contribution in [0.4, 0.5) is 13.2 Å². The molecular formula is C20H19F3N3O5PS2. The normalized spacial score (nSPS) is 13.4. The van der Waals surface area contributed by atoms with Gasteiger partial charge in [0.05, 0.1) is 22.9 Å². The highest BCUT2D eigenvalue weighted by Crippen LogP contribution is 2.42. The Balaban J connectivity index is 0.00000408. The Morgan fingerprint density at radius 2 is 1.91 bits per heavy atom. The predicted octanol–water partition coefficient (Wildman–Crippen LogP) is 4.79. The quantitative estimate of drug-likeness (QED) is 0.428. The molecule has 8 nitrogen and oxygen atoms in total. The van der Waals surface area contributed by atoms with E-state index in [1.54, 1.807) is 31.3 Å². The molecule has 0 fully saturated rings. The molecule has 1 atom stereocenters. The fraction of sp³-hybridized carbons (Fsp3) is 0.200. The maximum Gasteiger partial charge on any atom is 0.417 e. The average Bonchev–Trinajstić information content (AvgIpc) is 3.23. The summed E-state index contributed by atoms with van der Waals surface area (Å²) in [6, 6.07) is 9.90. The van der Waals surface area contributed by atoms with Gasteiger partial charge in [-0.15, -0.1) is 11.3 Å². The van der Waals surface area contributed by atoms with Gasteiger partial charge in [0, 0.05) is 28.5 Å². The van der Waals surface area contributed by atoms with E-state index in [1.165, 1.54) is 12.1 Å². The third-order valence-corrected chi connectivity index (χ3v) is 9.37. The van der Waals surface area contributed by atoms with Gasteiger partial charge >= 0.3 is 6.18 Å². The molecule has 34 heavy (non-hydrogen) atoms. The van der Waals surface area contributed by atoms with Crippen LogP contribution in [0.3, 0.4) is 0 Å². The maximum atomic E-state index is 13.0. The van der Waals surface area contributed by atoms with Gasteiger partial charge in [0.1, 0.15) is 9.96 Å². The van der Waals surface area contributed by atoms with E-state index in [4.69, 9.17) is 5.26 Å². The highest BCUT2D eigenvalue weighted by molar-refractivity contribution is 7.93. The van der Waals surface area contributed by atoms with E-state index in [0.29, 0.717) is 16.5 Å². The second-order valence-corrected chi connectivity index (χ2v) is 12.1. The topological polar surface area (TPSA) is 157 Å². The first-order valence-electron chi connectivity index (χ1n) is 9.17. The summed E-state index contributed by atoms with van der Waals surface area (Å²) in [5.41, 5.74) is -0.563. The average molecular weight is 533 g/mol. The number of nitrogens with zero attached hydrogens (tertiary/aromatic N) is 2. The lowest BCUT2D eigenvalue weighted by atomic mass is 10.1. The summed E-state index contributed by atoms with van der Waals surface area (Å²) in [7, 11) is -8.87. The molecule has 0 amide bonds. The number of pyridine rings is 1. The SMILES string of the molecule is Cc1ccc(-c2ccc(S(=O)(=O)CCP(=O)([O-])Oc3ccc(C#N)c(C(F)(F)F)c3)s2)cn1.[NH4+]. The Kier molecular flexibility index (Phi) is 8.29. The number of quaternary nitrogens is 1. The monoisotopic (exact) mass is 533 g/mol. The summed E-state index contributed by atoms with van der Waals surface area (Å²) in [4.78, 5) is 17.0. The lowest BCUT2D eigenvalue weighted by Crippen LogP contribution is -2.18. The third kappa shape index (κ3) is 6.65. The van der Waals surface area contributed by atoms with Crippen molar-refractivity contribution in [1.29, 1.82) is 5.26 Å². The molecule has 0 aliphatic rings. The van der Waals surface area contributed by atoms with Crippen LogP contribution in [0.2, 0.25) is 0 Å². The number of hydrogen-bond acceptors (Lipinski definition) is 8. The summed E-state index contributed by atoms with van der Waals surface area (Å²) in [6.07, 6.45) is -4.26. The first-order chi connectivity index (χ1) is 15.3. The molecule has 0 spiro atoms. The minimum Gasteiger partial charge on any atom is -0.769 e. The number of benzene rings is 1. The summed E-state index contributed by atoms with van der Waals surface area (Å²) in [5.74, 6) is -1.48. The summed E-state index contributed by atoms with van der Waals surface area (Å²) >= 11 is 0.946. The molecule has 3 rings (SSSR count). The van der Waals surface area contributed by atoms with Gasteiger partial charge in [-0.2, -0.15) is 18.4 Å². The van der Waals surface area contributed by atoms with Crippen molar-refractivity contribution in [2.75, 3.05) is 11.9 Å². The molecule has 0 radical (unpaired) electrons. The minimum absolute atomic E-state index is 0. The molecule has 1 unspecified atom stereocenters. The molecule has 14 heteroatoms. The summed E-state index contributed by atoms with van der Waals surface area (Å²) in [6.45, 7) is 1.80. The zero-order chi connectivity index (χ0) is 24.4. The van der Waals surface area contributed by atoms with E-state index >= 15 is 0 Å². The molecule has 182 valence electrons. The van der Waals surface area contributed by atoms with Crippen molar-refractivity contribution < 1.29 is 35.6 Å². The van der Waals surface area contributed by atoms with Crippen LogP contribution in [0.5, 0.6) is 5.75 Å². The fourth-order valence-corrected chi connectivity index (χ4v) is 7.32. The number of thiophene rings is 1. The van der Waals surface area contributed by atoms with Crippen LogP contribution in [0.1, 0.15) is 16.8 Å². The molecule has 4 N–H and O–H groups in total. The van der Waals surface area contributed by atoms with Crippen LogP contribution in [0.25, 0.3) is 10.4 Å². The van der Waals surface area contributed by atoms with Crippen molar-refractivity contribution in [2.24, 2.45) is 0 Å². The van der Waals surface area contributed by atoms with Gasteiger partial charge in [-0.25, -0.2) is 8.42 Å². The van der Waals surface area contributed by atoms with Crippen molar-refractivity contribution in [3.05, 3.63) is 65.5 Å². The van der Waals surface area contributed by atoms with E-state index in [9.17, 15) is 31.0 Å². The van der Waals surface area contributed by atoms with E-state index in [-0.39, 0.29) is 10.4 Å². The number of halogens is 3. The number of aromatic nitrogens is 1. The molecule has 0 saturated heterocycles. The number of nitriles is 1. The fourth-order valence-electron chi connectivity index (χ4n) is 2.71. The van der Waals surface area contributed by atoms with E-state index in [2.05, 4.69) is 9.51 Å². The van der Waals surface area contributed by atoms with Crippen LogP contribution in [0, 0.1) is 18.3 Å². The van der Waals surface area contributed by atoms with E-state index in [1.807, 2.05) is 0 Å². The lowest BCUT2D eigenvalue weighted by molar-refractivity contribution is -0.190. The molecular weight excluding hydrogens is 514 g/mol. The zero-order valence-corrected chi connectivity index (χ0v) is 20.4. The molecule has 0 saturated carbocycles. The van der Waals surface area contributed by atoms with Gasteiger partial charge in [-0.1, -0.05) is 6.07 Å². The number of aryl methyl sites for hydroxylation is 1. The maximum absolute atomic E-state index is 13.0. The number of alkyl halides is 3. The van der Waals surface area contributed by atoms with Crippen molar-refractivity contribution >= 4 is 28.8 Å². The first kappa shape index (κ1) is 27.5. The molecule has 0 aliphatic heterocycles. The Bertz CT molecular complexity index is 1370.